The summed E-state index contributed by atoms with van der Waals surface area (Å²) in [6.07, 6.45) is 5.80. The van der Waals surface area contributed by atoms with Gasteiger partial charge in [-0.2, -0.15) is 5.26 Å². The number of hydrogen-bond donors (Lipinski definition) is 0. The molecule has 0 fully saturated rings. The SMILES string of the molecule is C=C/C=C\c1c(C)n(-c2c(C#N)c(-n3c4ccccc4c4ccccc43)cc3c2oc2c(-c4nc(-c5ccccc5)nc(-c5ccccc5)n4)cccc23)c2ccccc12. The molecule has 0 unspecified atom stereocenters. The van der Waals surface area contributed by atoms with Crippen molar-refractivity contribution in [2.45, 2.75) is 6.92 Å². The largest absolute Gasteiger partial charge is 0.453 e. The Labute approximate surface area is 345 Å². The van der Waals surface area contributed by atoms with Crippen LogP contribution in [0, 0.1) is 18.3 Å². The Bertz CT molecular complexity index is 3470. The third-order valence-corrected chi connectivity index (χ3v) is 11.4. The highest BCUT2D eigenvalue weighted by molar-refractivity contribution is 6.15. The van der Waals surface area contributed by atoms with Crippen molar-refractivity contribution in [1.29, 1.82) is 5.26 Å². The number of fused-ring (bicyclic) bond motifs is 7. The summed E-state index contributed by atoms with van der Waals surface area (Å²) in [5, 5.41) is 16.5. The van der Waals surface area contributed by atoms with Crippen LogP contribution < -0.4 is 0 Å². The summed E-state index contributed by atoms with van der Waals surface area (Å²) in [6, 6.07) is 55.8. The summed E-state index contributed by atoms with van der Waals surface area (Å²) < 4.78 is 11.6. The normalized spacial score (nSPS) is 11.7. The zero-order chi connectivity index (χ0) is 40.3. The number of nitrogens with zero attached hydrogens (tertiary/aromatic N) is 6. The second kappa shape index (κ2) is 13.9. The predicted octanol–water partition coefficient (Wildman–Crippen LogP) is 13.2. The van der Waals surface area contributed by atoms with E-state index < -0.39 is 0 Å². The van der Waals surface area contributed by atoms with Crippen molar-refractivity contribution >= 4 is 60.7 Å². The number of para-hydroxylation sites is 4. The molecule has 0 aliphatic heterocycles. The Morgan fingerprint density at radius 2 is 1.10 bits per heavy atom. The Morgan fingerprint density at radius 1 is 0.567 bits per heavy atom. The summed E-state index contributed by atoms with van der Waals surface area (Å²) in [5.41, 5.74) is 10.5. The highest BCUT2D eigenvalue weighted by Crippen LogP contribution is 2.45. The zero-order valence-electron chi connectivity index (χ0n) is 32.5. The minimum atomic E-state index is 0.482. The maximum Gasteiger partial charge on any atom is 0.167 e. The van der Waals surface area contributed by atoms with Gasteiger partial charge in [-0.25, -0.2) is 15.0 Å². The first-order valence-electron chi connectivity index (χ1n) is 19.8. The van der Waals surface area contributed by atoms with Crippen molar-refractivity contribution in [3.05, 3.63) is 193 Å². The molecule has 0 saturated heterocycles. The lowest BCUT2D eigenvalue weighted by Crippen LogP contribution is -2.06. The van der Waals surface area contributed by atoms with E-state index >= 15 is 0 Å². The Kier molecular flexibility index (Phi) is 8.10. The van der Waals surface area contributed by atoms with Gasteiger partial charge in [0.25, 0.3) is 0 Å². The first-order chi connectivity index (χ1) is 29.6. The average Bonchev–Trinajstić information content (AvgIpc) is 3.94. The van der Waals surface area contributed by atoms with Gasteiger partial charge in [0.1, 0.15) is 22.9 Å². The molecular formula is C53H34N6O. The van der Waals surface area contributed by atoms with Crippen LogP contribution in [0.5, 0.6) is 0 Å². The van der Waals surface area contributed by atoms with Gasteiger partial charge in [-0.1, -0.05) is 152 Å². The van der Waals surface area contributed by atoms with Crippen molar-refractivity contribution in [2.24, 2.45) is 0 Å². The van der Waals surface area contributed by atoms with E-state index in [2.05, 4.69) is 95.4 Å². The molecule has 7 heteroatoms. The summed E-state index contributed by atoms with van der Waals surface area (Å²) in [5.74, 6) is 1.60. The van der Waals surface area contributed by atoms with E-state index in [0.717, 1.165) is 71.6 Å². The molecule has 4 heterocycles. The maximum atomic E-state index is 11.5. The summed E-state index contributed by atoms with van der Waals surface area (Å²) in [6.45, 7) is 6.04. The van der Waals surface area contributed by atoms with Crippen LogP contribution in [0.3, 0.4) is 0 Å². The number of nitriles is 1. The molecule has 0 amide bonds. The van der Waals surface area contributed by atoms with Crippen LogP contribution in [0.2, 0.25) is 0 Å². The van der Waals surface area contributed by atoms with Crippen molar-refractivity contribution in [3.8, 4) is 51.6 Å². The first-order valence-corrected chi connectivity index (χ1v) is 19.8. The van der Waals surface area contributed by atoms with E-state index in [1.807, 2.05) is 103 Å². The molecule has 0 saturated carbocycles. The minimum Gasteiger partial charge on any atom is -0.453 e. The molecule has 4 aromatic heterocycles. The van der Waals surface area contributed by atoms with Crippen molar-refractivity contribution < 1.29 is 4.42 Å². The van der Waals surface area contributed by atoms with E-state index in [1.165, 1.54) is 0 Å². The lowest BCUT2D eigenvalue weighted by atomic mass is 10.0. The highest BCUT2D eigenvalue weighted by atomic mass is 16.3. The molecule has 0 N–H and O–H groups in total. The quantitative estimate of drug-likeness (QED) is 0.151. The van der Waals surface area contributed by atoms with E-state index in [4.69, 9.17) is 19.4 Å². The van der Waals surface area contributed by atoms with Gasteiger partial charge in [0.05, 0.1) is 27.8 Å². The summed E-state index contributed by atoms with van der Waals surface area (Å²) >= 11 is 0. The molecule has 7 nitrogen and oxygen atoms in total. The number of furan rings is 1. The van der Waals surface area contributed by atoms with Gasteiger partial charge in [-0.05, 0) is 37.3 Å². The van der Waals surface area contributed by atoms with E-state index in [9.17, 15) is 5.26 Å². The van der Waals surface area contributed by atoms with Crippen molar-refractivity contribution in [2.75, 3.05) is 0 Å². The number of benzene rings is 7. The third-order valence-electron chi connectivity index (χ3n) is 11.4. The second-order valence-corrected chi connectivity index (χ2v) is 14.7. The van der Waals surface area contributed by atoms with Crippen LogP contribution in [-0.2, 0) is 0 Å². The van der Waals surface area contributed by atoms with Crippen molar-refractivity contribution in [1.82, 2.24) is 24.1 Å². The van der Waals surface area contributed by atoms with E-state index in [0.29, 0.717) is 45.5 Å². The van der Waals surface area contributed by atoms with Crippen LogP contribution >= 0.6 is 0 Å². The second-order valence-electron chi connectivity index (χ2n) is 14.7. The van der Waals surface area contributed by atoms with Gasteiger partial charge in [0, 0.05) is 49.3 Å². The molecule has 60 heavy (non-hydrogen) atoms. The van der Waals surface area contributed by atoms with Gasteiger partial charge in [0.2, 0.25) is 0 Å². The van der Waals surface area contributed by atoms with E-state index in [1.54, 1.807) is 6.08 Å². The monoisotopic (exact) mass is 770 g/mol. The molecule has 11 rings (SSSR count). The molecule has 11 aromatic rings. The molecule has 0 bridgehead atoms. The van der Waals surface area contributed by atoms with Gasteiger partial charge in [0.15, 0.2) is 23.1 Å². The van der Waals surface area contributed by atoms with Crippen LogP contribution in [0.25, 0.3) is 106 Å². The molecule has 0 atom stereocenters. The zero-order valence-corrected chi connectivity index (χ0v) is 32.5. The third kappa shape index (κ3) is 5.32. The van der Waals surface area contributed by atoms with Crippen LogP contribution in [0.1, 0.15) is 16.8 Å². The highest BCUT2D eigenvalue weighted by Gasteiger charge is 2.28. The fourth-order valence-electron chi connectivity index (χ4n) is 8.74. The summed E-state index contributed by atoms with van der Waals surface area (Å²) in [4.78, 5) is 15.1. The molecule has 0 radical (unpaired) electrons. The first kappa shape index (κ1) is 34.9. The van der Waals surface area contributed by atoms with E-state index in [-0.39, 0.29) is 0 Å². The minimum absolute atomic E-state index is 0.482. The summed E-state index contributed by atoms with van der Waals surface area (Å²) in [7, 11) is 0. The van der Waals surface area contributed by atoms with Crippen LogP contribution in [0.15, 0.2) is 181 Å². The smallest absolute Gasteiger partial charge is 0.167 e. The number of hydrogen-bond acceptors (Lipinski definition) is 5. The standard InChI is InChI=1S/C53H34N6O/c1-3-4-22-36-33(2)58(44-28-14-11-23-37(36)44)48-43(32-54)47(59-45-29-15-12-24-38(45)39-25-13-16-30-46(39)59)31-42-40-26-17-27-41(49(40)60-50(42)48)53-56-51(34-18-7-5-8-19-34)55-52(57-53)35-20-9-6-10-21-35/h3-31H,1H2,2H3/b22-4-. The average molecular weight is 771 g/mol. The topological polar surface area (TPSA) is 85.5 Å². The lowest BCUT2D eigenvalue weighted by Gasteiger charge is -2.17. The predicted molar refractivity (Wildman–Crippen MR) is 243 cm³/mol. The Balaban J connectivity index is 1.28. The molecule has 282 valence electrons. The van der Waals surface area contributed by atoms with Crippen molar-refractivity contribution in [3.63, 3.8) is 0 Å². The van der Waals surface area contributed by atoms with Crippen LogP contribution in [0.4, 0.5) is 0 Å². The molecule has 0 aliphatic carbocycles. The lowest BCUT2D eigenvalue weighted by molar-refractivity contribution is 0.665. The number of aromatic nitrogens is 5. The molecular weight excluding hydrogens is 737 g/mol. The van der Waals surface area contributed by atoms with Gasteiger partial charge < -0.3 is 13.6 Å². The molecule has 0 aliphatic rings. The molecule has 0 spiro atoms. The Hall–Kier alpha value is -8.34. The number of allylic oxidation sites excluding steroid dienone is 2. The van der Waals surface area contributed by atoms with Gasteiger partial charge in [-0.3, -0.25) is 0 Å². The molecule has 7 aromatic carbocycles. The fraction of sp³-hybridized carbons (Fsp3) is 0.0189. The number of rotatable bonds is 7. The fourth-order valence-corrected chi connectivity index (χ4v) is 8.74. The van der Waals surface area contributed by atoms with Gasteiger partial charge in [-0.15, -0.1) is 0 Å². The Morgan fingerprint density at radius 3 is 1.70 bits per heavy atom. The van der Waals surface area contributed by atoms with Gasteiger partial charge >= 0.3 is 0 Å². The van der Waals surface area contributed by atoms with Crippen LogP contribution in [-0.4, -0.2) is 24.1 Å². The maximum absolute atomic E-state index is 11.5.